The van der Waals surface area contributed by atoms with Crippen LogP contribution in [0.3, 0.4) is 0 Å². The van der Waals surface area contributed by atoms with Gasteiger partial charge in [-0.1, -0.05) is 13.8 Å². The zero-order chi connectivity index (χ0) is 19.6. The van der Waals surface area contributed by atoms with Gasteiger partial charge in [-0.2, -0.15) is 0 Å². The fraction of sp³-hybridized carbons (Fsp3) is 0.870. The molecule has 0 radical (unpaired) electrons. The molecule has 0 amide bonds. The van der Waals surface area contributed by atoms with Crippen LogP contribution in [0.1, 0.15) is 79.1 Å². The Morgan fingerprint density at radius 1 is 1.00 bits per heavy atom. The topological polar surface area (TPSA) is 60.4 Å². The molecular formula is C23H34O4. The quantitative estimate of drug-likeness (QED) is 0.675. The summed E-state index contributed by atoms with van der Waals surface area (Å²) in [6.45, 7) is 7.58. The van der Waals surface area contributed by atoms with Crippen molar-refractivity contribution in [1.29, 1.82) is 0 Å². The minimum absolute atomic E-state index is 0.0196. The molecule has 4 saturated carbocycles. The van der Waals surface area contributed by atoms with Crippen LogP contribution in [0, 0.1) is 40.9 Å². The van der Waals surface area contributed by atoms with E-state index in [2.05, 4.69) is 13.8 Å². The van der Waals surface area contributed by atoms with Crippen molar-refractivity contribution in [2.45, 2.75) is 84.7 Å². The van der Waals surface area contributed by atoms with E-state index < -0.39 is 5.60 Å². The molecule has 27 heavy (non-hydrogen) atoms. The first-order valence-corrected chi connectivity index (χ1v) is 10.9. The molecule has 4 aliphatic rings. The molecular weight excluding hydrogens is 340 g/mol. The third-order valence-corrected chi connectivity index (χ3v) is 9.19. The van der Waals surface area contributed by atoms with Gasteiger partial charge in [0.25, 0.3) is 0 Å². The highest BCUT2D eigenvalue weighted by molar-refractivity contribution is 5.89. The van der Waals surface area contributed by atoms with E-state index in [1.165, 1.54) is 6.92 Å². The van der Waals surface area contributed by atoms with Crippen molar-refractivity contribution in [2.75, 3.05) is 0 Å². The van der Waals surface area contributed by atoms with Gasteiger partial charge in [0.1, 0.15) is 5.78 Å². The Morgan fingerprint density at radius 3 is 2.37 bits per heavy atom. The summed E-state index contributed by atoms with van der Waals surface area (Å²) in [7, 11) is 0. The molecule has 0 N–H and O–H groups in total. The largest absolute Gasteiger partial charge is 0.451 e. The van der Waals surface area contributed by atoms with Crippen LogP contribution in [0.25, 0.3) is 0 Å². The second-order valence-corrected chi connectivity index (χ2v) is 10.2. The van der Waals surface area contributed by atoms with E-state index in [0.29, 0.717) is 47.7 Å². The number of hydrogen-bond donors (Lipinski definition) is 0. The first-order chi connectivity index (χ1) is 12.7. The first kappa shape index (κ1) is 19.1. The highest BCUT2D eigenvalue weighted by atomic mass is 16.6. The van der Waals surface area contributed by atoms with Gasteiger partial charge in [-0.25, -0.2) is 0 Å². The Labute approximate surface area is 162 Å². The third kappa shape index (κ3) is 2.65. The molecule has 4 rings (SSSR count). The van der Waals surface area contributed by atoms with Crippen molar-refractivity contribution in [3.8, 4) is 0 Å². The van der Waals surface area contributed by atoms with Crippen molar-refractivity contribution >= 4 is 17.5 Å². The van der Waals surface area contributed by atoms with Crippen LogP contribution in [-0.4, -0.2) is 23.1 Å². The van der Waals surface area contributed by atoms with Gasteiger partial charge in [0, 0.05) is 25.2 Å². The summed E-state index contributed by atoms with van der Waals surface area (Å²) >= 11 is 0. The van der Waals surface area contributed by atoms with Crippen LogP contribution in [0.5, 0.6) is 0 Å². The van der Waals surface area contributed by atoms with Gasteiger partial charge < -0.3 is 4.74 Å². The van der Waals surface area contributed by atoms with Crippen molar-refractivity contribution in [1.82, 2.24) is 0 Å². The molecule has 4 fully saturated rings. The lowest BCUT2D eigenvalue weighted by Crippen LogP contribution is -2.58. The Bertz CT molecular complexity index is 669. The Morgan fingerprint density at radius 2 is 1.70 bits per heavy atom. The minimum Gasteiger partial charge on any atom is -0.451 e. The second-order valence-electron chi connectivity index (χ2n) is 10.2. The molecule has 150 valence electrons. The van der Waals surface area contributed by atoms with Crippen molar-refractivity contribution < 1.29 is 19.1 Å². The summed E-state index contributed by atoms with van der Waals surface area (Å²) in [5.41, 5.74) is -1.18. The van der Waals surface area contributed by atoms with Crippen LogP contribution < -0.4 is 0 Å². The Kier molecular flexibility index (Phi) is 4.55. The zero-order valence-electron chi connectivity index (χ0n) is 17.3. The molecule has 0 aliphatic heterocycles. The van der Waals surface area contributed by atoms with E-state index in [4.69, 9.17) is 4.74 Å². The number of Topliss-reactive ketones (excluding diaryl/α,β-unsaturated/α-hetero) is 2. The molecule has 0 saturated heterocycles. The summed E-state index contributed by atoms with van der Waals surface area (Å²) in [6.07, 6.45) is 7.47. The summed E-state index contributed by atoms with van der Waals surface area (Å²) < 4.78 is 5.83. The van der Waals surface area contributed by atoms with E-state index in [9.17, 15) is 14.4 Å². The predicted molar refractivity (Wildman–Crippen MR) is 102 cm³/mol. The predicted octanol–water partition coefficient (Wildman–Crippen LogP) is 4.35. The minimum atomic E-state index is -0.933. The lowest BCUT2D eigenvalue weighted by Gasteiger charge is -2.58. The van der Waals surface area contributed by atoms with Crippen LogP contribution in [0.4, 0.5) is 0 Å². The maximum atomic E-state index is 12.7. The molecule has 0 aromatic carbocycles. The molecule has 4 nitrogen and oxygen atoms in total. The highest BCUT2D eigenvalue weighted by Crippen LogP contribution is 2.66. The van der Waals surface area contributed by atoms with Crippen LogP contribution >= 0.6 is 0 Å². The van der Waals surface area contributed by atoms with Crippen molar-refractivity contribution in [2.24, 2.45) is 40.9 Å². The SMILES string of the molecule is CC(=O)O[C@]1(C(C)=O)CC[C@H]2[C@@H]3C[C@H](C)C4CC(=O)CC[C@@H]4[C@H]3CC[C@@]21C. The molecule has 4 aliphatic carbocycles. The number of esters is 1. The molecule has 4 heteroatoms. The van der Waals surface area contributed by atoms with Gasteiger partial charge in [-0.3, -0.25) is 14.4 Å². The standard InChI is InChI=1S/C23H34O4/c1-13-11-20-18(17-6-5-16(26)12-19(13)17)7-9-22(4)21(20)8-10-23(22,14(2)24)27-15(3)25/h13,17-21H,5-12H2,1-4H3/t13-,17+,18+,19?,20+,21-,22-,23-/m0/s1. The number of hydrogen-bond acceptors (Lipinski definition) is 4. The first-order valence-electron chi connectivity index (χ1n) is 10.9. The molecule has 0 bridgehead atoms. The van der Waals surface area contributed by atoms with Gasteiger partial charge in [0.15, 0.2) is 11.4 Å². The fourth-order valence-corrected chi connectivity index (χ4v) is 8.07. The number of carbonyl (C=O) groups is 3. The van der Waals surface area contributed by atoms with E-state index >= 15 is 0 Å². The summed E-state index contributed by atoms with van der Waals surface area (Å²) in [6, 6.07) is 0. The van der Waals surface area contributed by atoms with E-state index in [1.807, 2.05) is 0 Å². The van der Waals surface area contributed by atoms with Crippen molar-refractivity contribution in [3.05, 3.63) is 0 Å². The lowest BCUT2D eigenvalue weighted by atomic mass is 9.47. The summed E-state index contributed by atoms with van der Waals surface area (Å²) in [5.74, 6) is 3.66. The molecule has 0 aromatic heterocycles. The van der Waals surface area contributed by atoms with Gasteiger partial charge in [0.2, 0.25) is 0 Å². The van der Waals surface area contributed by atoms with E-state index in [0.717, 1.165) is 44.9 Å². The molecule has 0 aromatic rings. The maximum absolute atomic E-state index is 12.7. The normalized spacial score (nSPS) is 49.0. The fourth-order valence-electron chi connectivity index (χ4n) is 8.07. The molecule has 8 atom stereocenters. The third-order valence-electron chi connectivity index (χ3n) is 9.19. The van der Waals surface area contributed by atoms with Gasteiger partial charge in [0.05, 0.1) is 0 Å². The smallest absolute Gasteiger partial charge is 0.303 e. The summed E-state index contributed by atoms with van der Waals surface area (Å²) in [4.78, 5) is 36.6. The van der Waals surface area contributed by atoms with Crippen LogP contribution in [-0.2, 0) is 19.1 Å². The average molecular weight is 375 g/mol. The van der Waals surface area contributed by atoms with Gasteiger partial charge in [-0.15, -0.1) is 0 Å². The number of carbonyl (C=O) groups excluding carboxylic acids is 3. The Hall–Kier alpha value is -1.19. The van der Waals surface area contributed by atoms with Crippen molar-refractivity contribution in [3.63, 3.8) is 0 Å². The highest BCUT2D eigenvalue weighted by Gasteiger charge is 2.67. The number of ether oxygens (including phenoxy) is 1. The zero-order valence-corrected chi connectivity index (χ0v) is 17.3. The molecule has 0 heterocycles. The second kappa shape index (κ2) is 6.42. The van der Waals surface area contributed by atoms with Gasteiger partial charge >= 0.3 is 5.97 Å². The number of fused-ring (bicyclic) bond motifs is 5. The van der Waals surface area contributed by atoms with E-state index in [1.54, 1.807) is 6.92 Å². The number of ketones is 2. The summed E-state index contributed by atoms with van der Waals surface area (Å²) in [5, 5.41) is 0. The monoisotopic (exact) mass is 374 g/mol. The molecule has 0 spiro atoms. The number of rotatable bonds is 2. The van der Waals surface area contributed by atoms with Crippen LogP contribution in [0.15, 0.2) is 0 Å². The Balaban J connectivity index is 1.66. The molecule has 1 unspecified atom stereocenters. The van der Waals surface area contributed by atoms with Gasteiger partial charge in [-0.05, 0) is 81.0 Å². The van der Waals surface area contributed by atoms with Crippen LogP contribution in [0.2, 0.25) is 0 Å². The van der Waals surface area contributed by atoms with E-state index in [-0.39, 0.29) is 17.2 Å². The maximum Gasteiger partial charge on any atom is 0.303 e. The average Bonchev–Trinajstić information content (AvgIpc) is 2.89. The lowest BCUT2D eigenvalue weighted by molar-refractivity contribution is -0.188.